The number of ether oxygens (including phenoxy) is 1. The van der Waals surface area contributed by atoms with Crippen LogP contribution in [0.2, 0.25) is 0 Å². The third-order valence-electron chi connectivity index (χ3n) is 4.68. The van der Waals surface area contributed by atoms with E-state index >= 15 is 0 Å². The van der Waals surface area contributed by atoms with E-state index in [0.29, 0.717) is 12.4 Å². The van der Waals surface area contributed by atoms with Crippen molar-refractivity contribution in [3.05, 3.63) is 30.1 Å². The van der Waals surface area contributed by atoms with Crippen LogP contribution in [0.25, 0.3) is 0 Å². The minimum atomic E-state index is -0.756. The molecule has 2 aliphatic heterocycles. The zero-order chi connectivity index (χ0) is 16.9. The van der Waals surface area contributed by atoms with E-state index in [1.165, 1.54) is 12.1 Å². The molecule has 0 aliphatic carbocycles. The predicted octanol–water partition coefficient (Wildman–Crippen LogP) is 0.208. The van der Waals surface area contributed by atoms with Crippen LogP contribution < -0.4 is 21.1 Å². The highest BCUT2D eigenvalue weighted by molar-refractivity contribution is 5.67. The number of hydrogen-bond acceptors (Lipinski definition) is 6. The summed E-state index contributed by atoms with van der Waals surface area (Å²) < 4.78 is 18.5. The Kier molecular flexibility index (Phi) is 5.62. The summed E-state index contributed by atoms with van der Waals surface area (Å²) in [6.45, 7) is 3.58. The number of carboxylic acids is 1. The van der Waals surface area contributed by atoms with Crippen LogP contribution in [0.15, 0.2) is 24.3 Å². The lowest BCUT2D eigenvalue weighted by Gasteiger charge is -2.22. The van der Waals surface area contributed by atoms with Crippen molar-refractivity contribution in [3.8, 4) is 5.75 Å². The smallest absolute Gasteiger partial charge is 0.303 e. The molecule has 1 aromatic rings. The molecule has 3 atom stereocenters. The molecule has 1 unspecified atom stereocenters. The van der Waals surface area contributed by atoms with Crippen LogP contribution in [-0.2, 0) is 4.79 Å². The fraction of sp³-hybridized carbons (Fsp3) is 0.562. The second kappa shape index (κ2) is 7.89. The molecular weight excluding hydrogens is 315 g/mol. The number of halogens is 1. The fourth-order valence-electron chi connectivity index (χ4n) is 3.50. The van der Waals surface area contributed by atoms with Gasteiger partial charge in [0.2, 0.25) is 0 Å². The number of aliphatic carboxylic acids is 1. The monoisotopic (exact) mass is 338 g/mol. The largest absolute Gasteiger partial charge is 0.492 e. The van der Waals surface area contributed by atoms with Crippen molar-refractivity contribution in [2.45, 2.75) is 12.5 Å². The lowest BCUT2D eigenvalue weighted by atomic mass is 9.87. The number of nitrogens with one attached hydrogen (secondary N) is 3. The second-order valence-corrected chi connectivity index (χ2v) is 6.34. The molecule has 7 nitrogen and oxygen atoms in total. The minimum absolute atomic E-state index is 0.118. The Labute approximate surface area is 140 Å². The van der Waals surface area contributed by atoms with Crippen molar-refractivity contribution >= 4 is 5.97 Å². The molecule has 2 fully saturated rings. The normalized spacial score (nSPS) is 27.5. The number of benzene rings is 1. The molecule has 24 heavy (non-hydrogen) atoms. The summed E-state index contributed by atoms with van der Waals surface area (Å²) in [6.07, 6.45) is 0.179. The first-order valence-corrected chi connectivity index (χ1v) is 8.18. The first kappa shape index (κ1) is 17.1. The highest BCUT2D eigenvalue weighted by atomic mass is 19.1. The van der Waals surface area contributed by atoms with Gasteiger partial charge in [-0.05, 0) is 36.1 Å². The van der Waals surface area contributed by atoms with E-state index in [2.05, 4.69) is 21.3 Å². The maximum absolute atomic E-state index is 12.9. The van der Waals surface area contributed by atoms with Crippen molar-refractivity contribution in [1.29, 1.82) is 0 Å². The van der Waals surface area contributed by atoms with Gasteiger partial charge in [-0.3, -0.25) is 9.69 Å². The van der Waals surface area contributed by atoms with Gasteiger partial charge in [-0.2, -0.15) is 5.53 Å². The molecule has 2 heterocycles. The van der Waals surface area contributed by atoms with Gasteiger partial charge in [0.15, 0.2) is 0 Å². The minimum Gasteiger partial charge on any atom is -0.492 e. The molecule has 0 amide bonds. The average Bonchev–Trinajstić information content (AvgIpc) is 3.18. The lowest BCUT2D eigenvalue weighted by molar-refractivity contribution is -0.138. The molecule has 2 aliphatic rings. The Morgan fingerprint density at radius 2 is 2.12 bits per heavy atom. The predicted molar refractivity (Wildman–Crippen MR) is 85.6 cm³/mol. The maximum atomic E-state index is 12.9. The van der Waals surface area contributed by atoms with Crippen molar-refractivity contribution < 1.29 is 19.0 Å². The van der Waals surface area contributed by atoms with Crippen molar-refractivity contribution in [3.63, 3.8) is 0 Å². The van der Waals surface area contributed by atoms with Gasteiger partial charge in [0.1, 0.15) is 18.2 Å². The third kappa shape index (κ3) is 4.41. The summed E-state index contributed by atoms with van der Waals surface area (Å²) in [7, 11) is 0. The summed E-state index contributed by atoms with van der Waals surface area (Å²) in [5, 5.41) is 9.14. The zero-order valence-corrected chi connectivity index (χ0v) is 13.4. The molecule has 0 radical (unpaired) electrons. The van der Waals surface area contributed by atoms with E-state index in [9.17, 15) is 9.18 Å². The van der Waals surface area contributed by atoms with Crippen LogP contribution in [0.5, 0.6) is 5.75 Å². The van der Waals surface area contributed by atoms with E-state index in [4.69, 9.17) is 9.84 Å². The standard InChI is InChI=1S/C16H23FN4O3/c17-12-1-3-13(4-2-12)24-6-5-21-9-11(7-16(22)23)14(10-21)15-8-18-20-19-15/h1-4,11,14-15,18-20H,5-10H2,(H,22,23)/t11-,14+,15?/m1/s1. The lowest BCUT2D eigenvalue weighted by Crippen LogP contribution is -2.41. The summed E-state index contributed by atoms with van der Waals surface area (Å²) in [5.74, 6) is -0.0112. The molecular formula is C16H23FN4O3. The summed E-state index contributed by atoms with van der Waals surface area (Å²) in [4.78, 5) is 13.4. The Morgan fingerprint density at radius 1 is 1.33 bits per heavy atom. The molecule has 0 bridgehead atoms. The number of carboxylic acid groups (broad SMARTS) is 1. The Balaban J connectivity index is 1.50. The molecule has 0 saturated carbocycles. The number of hydrogen-bond donors (Lipinski definition) is 4. The molecule has 0 spiro atoms. The molecule has 2 saturated heterocycles. The number of rotatable bonds is 7. The van der Waals surface area contributed by atoms with E-state index in [-0.39, 0.29) is 30.1 Å². The summed E-state index contributed by atoms with van der Waals surface area (Å²) in [6, 6.07) is 6.17. The van der Waals surface area contributed by atoms with Crippen molar-refractivity contribution in [2.24, 2.45) is 11.8 Å². The van der Waals surface area contributed by atoms with E-state index in [1.54, 1.807) is 12.1 Å². The molecule has 3 rings (SSSR count). The second-order valence-electron chi connectivity index (χ2n) is 6.34. The van der Waals surface area contributed by atoms with Crippen LogP contribution in [0.1, 0.15) is 6.42 Å². The molecule has 4 N–H and O–H groups in total. The Morgan fingerprint density at radius 3 is 2.79 bits per heavy atom. The number of likely N-dealkylation sites (tertiary alicyclic amines) is 1. The SMILES string of the molecule is O=C(O)C[C@@H]1CN(CCOc2ccc(F)cc2)C[C@@H]1C1CNNN1. The number of carbonyl (C=O) groups is 1. The van der Waals surface area contributed by atoms with E-state index < -0.39 is 5.97 Å². The van der Waals surface area contributed by atoms with E-state index in [1.807, 2.05) is 0 Å². The highest BCUT2D eigenvalue weighted by Crippen LogP contribution is 2.29. The van der Waals surface area contributed by atoms with Crippen LogP contribution in [0.4, 0.5) is 4.39 Å². The maximum Gasteiger partial charge on any atom is 0.303 e. The first-order chi connectivity index (χ1) is 11.6. The van der Waals surface area contributed by atoms with Gasteiger partial charge in [-0.25, -0.2) is 15.2 Å². The van der Waals surface area contributed by atoms with Gasteiger partial charge < -0.3 is 9.84 Å². The van der Waals surface area contributed by atoms with Gasteiger partial charge in [0.25, 0.3) is 0 Å². The Hall–Kier alpha value is -1.74. The van der Waals surface area contributed by atoms with Gasteiger partial charge in [0.05, 0.1) is 0 Å². The summed E-state index contributed by atoms with van der Waals surface area (Å²) >= 11 is 0. The topological polar surface area (TPSA) is 85.9 Å². The number of hydrazine groups is 2. The quantitative estimate of drug-likeness (QED) is 0.565. The van der Waals surface area contributed by atoms with Gasteiger partial charge >= 0.3 is 5.97 Å². The van der Waals surface area contributed by atoms with Gasteiger partial charge in [-0.1, -0.05) is 0 Å². The van der Waals surface area contributed by atoms with Gasteiger partial charge in [-0.15, -0.1) is 0 Å². The van der Waals surface area contributed by atoms with Crippen LogP contribution in [-0.4, -0.2) is 54.8 Å². The van der Waals surface area contributed by atoms with Gasteiger partial charge in [0, 0.05) is 38.6 Å². The first-order valence-electron chi connectivity index (χ1n) is 8.18. The molecule has 132 valence electrons. The van der Waals surface area contributed by atoms with E-state index in [0.717, 1.165) is 26.2 Å². The third-order valence-corrected chi connectivity index (χ3v) is 4.68. The molecule has 1 aromatic carbocycles. The average molecular weight is 338 g/mol. The molecule has 0 aromatic heterocycles. The van der Waals surface area contributed by atoms with Crippen molar-refractivity contribution in [1.82, 2.24) is 21.3 Å². The number of nitrogens with zero attached hydrogens (tertiary/aromatic N) is 1. The molecule has 8 heteroatoms. The fourth-order valence-corrected chi connectivity index (χ4v) is 3.50. The van der Waals surface area contributed by atoms with Crippen LogP contribution in [0.3, 0.4) is 0 Å². The van der Waals surface area contributed by atoms with Crippen LogP contribution >= 0.6 is 0 Å². The summed E-state index contributed by atoms with van der Waals surface area (Å²) in [5.41, 5.74) is 9.07. The van der Waals surface area contributed by atoms with Crippen LogP contribution in [0, 0.1) is 17.7 Å². The Bertz CT molecular complexity index is 551. The zero-order valence-electron chi connectivity index (χ0n) is 13.4. The highest BCUT2D eigenvalue weighted by Gasteiger charge is 2.39. The van der Waals surface area contributed by atoms with Crippen molar-refractivity contribution in [2.75, 3.05) is 32.8 Å².